The maximum atomic E-state index is 11.5. The van der Waals surface area contributed by atoms with Crippen LogP contribution >= 0.6 is 0 Å². The number of hydrogen-bond acceptors (Lipinski definition) is 7. The predicted octanol–water partition coefficient (Wildman–Crippen LogP) is 3.03. The molecule has 3 heterocycles. The van der Waals surface area contributed by atoms with Crippen molar-refractivity contribution in [1.29, 1.82) is 0 Å². The zero-order valence-electron chi connectivity index (χ0n) is 17.8. The normalized spacial score (nSPS) is 16.8. The molecule has 9 nitrogen and oxygen atoms in total. The Labute approximate surface area is 190 Å². The molecule has 1 amide bonds. The highest BCUT2D eigenvalue weighted by Crippen LogP contribution is 2.49. The lowest BCUT2D eigenvalue weighted by atomic mass is 10.1. The largest absolute Gasteiger partial charge is 0.487 e. The average molecular weight is 441 g/mol. The minimum absolute atomic E-state index is 0.0855. The van der Waals surface area contributed by atoms with Crippen molar-refractivity contribution in [2.45, 2.75) is 25.5 Å². The highest BCUT2D eigenvalue weighted by Gasteiger charge is 2.44. The molecule has 1 aromatic carbocycles. The Balaban J connectivity index is 1.21. The average Bonchev–Trinajstić information content (AvgIpc) is 3.48. The van der Waals surface area contributed by atoms with Gasteiger partial charge >= 0.3 is 0 Å². The number of nitrogens with zero attached hydrogens (tertiary/aromatic N) is 5. The second-order valence-corrected chi connectivity index (χ2v) is 8.00. The first-order valence-electron chi connectivity index (χ1n) is 10.7. The maximum Gasteiger partial charge on any atom is 0.221 e. The number of aromatic nitrogens is 5. The molecular weight excluding hydrogens is 418 g/mol. The summed E-state index contributed by atoms with van der Waals surface area (Å²) in [5, 5.41) is 15.6. The van der Waals surface area contributed by atoms with Gasteiger partial charge in [-0.15, -0.1) is 5.10 Å². The zero-order valence-corrected chi connectivity index (χ0v) is 17.8. The highest BCUT2D eigenvalue weighted by molar-refractivity contribution is 5.81. The molecule has 33 heavy (non-hydrogen) atoms. The minimum atomic E-state index is -0.278. The summed E-state index contributed by atoms with van der Waals surface area (Å²) in [7, 11) is 0. The van der Waals surface area contributed by atoms with Crippen molar-refractivity contribution in [1.82, 2.24) is 25.0 Å². The molecule has 1 saturated carbocycles. The Morgan fingerprint density at radius 3 is 2.76 bits per heavy atom. The lowest BCUT2D eigenvalue weighted by Crippen LogP contribution is -2.14. The fourth-order valence-corrected chi connectivity index (χ4v) is 3.77. The first-order chi connectivity index (χ1) is 16.2. The van der Waals surface area contributed by atoms with Gasteiger partial charge < -0.3 is 15.8 Å². The van der Waals surface area contributed by atoms with Gasteiger partial charge in [-0.3, -0.25) is 9.48 Å². The molecule has 5 rings (SSSR count). The molecule has 2 atom stereocenters. The van der Waals surface area contributed by atoms with Crippen molar-refractivity contribution in [3.63, 3.8) is 0 Å². The summed E-state index contributed by atoms with van der Waals surface area (Å²) in [5.74, 6) is 1.42. The molecule has 0 aliphatic heterocycles. The van der Waals surface area contributed by atoms with Crippen molar-refractivity contribution in [3.8, 4) is 5.75 Å². The van der Waals surface area contributed by atoms with Crippen LogP contribution in [0.15, 0.2) is 73.3 Å². The Bertz CT molecular complexity index is 1240. The number of amides is 1. The fraction of sp³-hybridized carbons (Fsp3) is 0.208. The monoisotopic (exact) mass is 441 g/mol. The number of nitrogens with one attached hydrogen (secondary N) is 1. The molecule has 9 heteroatoms. The van der Waals surface area contributed by atoms with Crippen LogP contribution in [-0.2, 0) is 17.9 Å². The number of rotatable bonds is 9. The predicted molar refractivity (Wildman–Crippen MR) is 122 cm³/mol. The minimum Gasteiger partial charge on any atom is -0.487 e. The van der Waals surface area contributed by atoms with E-state index in [1.165, 1.54) is 5.56 Å². The lowest BCUT2D eigenvalue weighted by Gasteiger charge is -2.11. The van der Waals surface area contributed by atoms with Crippen LogP contribution in [0.25, 0.3) is 0 Å². The SMILES string of the molecule is NC(=O)C1CC1c1cccnc1Nc1cc(OCc2ccc(Cn3cccn3)cc2)cnn1. The third-order valence-electron chi connectivity index (χ3n) is 5.60. The Kier molecular flexibility index (Phi) is 5.67. The number of benzene rings is 1. The van der Waals surface area contributed by atoms with Gasteiger partial charge in [-0.25, -0.2) is 4.98 Å². The quantitative estimate of drug-likeness (QED) is 0.409. The van der Waals surface area contributed by atoms with Crippen LogP contribution in [0.1, 0.15) is 29.0 Å². The summed E-state index contributed by atoms with van der Waals surface area (Å²) in [6.45, 7) is 1.14. The first kappa shape index (κ1) is 20.6. The van der Waals surface area contributed by atoms with E-state index in [0.717, 1.165) is 24.1 Å². The van der Waals surface area contributed by atoms with Gasteiger partial charge in [-0.2, -0.15) is 10.2 Å². The van der Waals surface area contributed by atoms with E-state index in [2.05, 4.69) is 37.7 Å². The third-order valence-corrected chi connectivity index (χ3v) is 5.60. The topological polar surface area (TPSA) is 121 Å². The van der Waals surface area contributed by atoms with Gasteiger partial charge in [-0.05, 0) is 41.2 Å². The number of carbonyl (C=O) groups excluding carboxylic acids is 1. The molecule has 0 bridgehead atoms. The smallest absolute Gasteiger partial charge is 0.221 e. The number of ether oxygens (including phenoxy) is 1. The van der Waals surface area contributed by atoms with Crippen molar-refractivity contribution in [2.75, 3.05) is 5.32 Å². The van der Waals surface area contributed by atoms with Crippen LogP contribution < -0.4 is 15.8 Å². The summed E-state index contributed by atoms with van der Waals surface area (Å²) < 4.78 is 7.79. The van der Waals surface area contributed by atoms with Gasteiger partial charge in [0.15, 0.2) is 5.82 Å². The molecule has 4 aromatic rings. The molecule has 1 fully saturated rings. The second kappa shape index (κ2) is 9.07. The molecule has 0 spiro atoms. The van der Waals surface area contributed by atoms with Crippen LogP contribution in [-0.4, -0.2) is 30.9 Å². The van der Waals surface area contributed by atoms with Crippen LogP contribution in [0, 0.1) is 5.92 Å². The summed E-state index contributed by atoms with van der Waals surface area (Å²) >= 11 is 0. The number of anilines is 2. The van der Waals surface area contributed by atoms with Crippen molar-refractivity contribution < 1.29 is 9.53 Å². The van der Waals surface area contributed by atoms with Gasteiger partial charge in [0.25, 0.3) is 0 Å². The highest BCUT2D eigenvalue weighted by atomic mass is 16.5. The van der Waals surface area contributed by atoms with Crippen LogP contribution in [0.3, 0.4) is 0 Å². The van der Waals surface area contributed by atoms with Gasteiger partial charge in [-0.1, -0.05) is 30.3 Å². The van der Waals surface area contributed by atoms with E-state index in [9.17, 15) is 4.79 Å². The van der Waals surface area contributed by atoms with E-state index in [0.29, 0.717) is 24.0 Å². The summed E-state index contributed by atoms with van der Waals surface area (Å²) in [6, 6.07) is 15.7. The summed E-state index contributed by atoms with van der Waals surface area (Å²) in [4.78, 5) is 15.9. The Morgan fingerprint density at radius 2 is 2.00 bits per heavy atom. The van der Waals surface area contributed by atoms with Gasteiger partial charge in [0, 0.05) is 30.6 Å². The van der Waals surface area contributed by atoms with E-state index < -0.39 is 0 Å². The Morgan fingerprint density at radius 1 is 1.15 bits per heavy atom. The van der Waals surface area contributed by atoms with E-state index in [1.54, 1.807) is 24.7 Å². The molecular formula is C24H23N7O2. The summed E-state index contributed by atoms with van der Waals surface area (Å²) in [5.41, 5.74) is 8.61. The van der Waals surface area contributed by atoms with E-state index in [-0.39, 0.29) is 17.7 Å². The first-order valence-corrected chi connectivity index (χ1v) is 10.7. The fourth-order valence-electron chi connectivity index (χ4n) is 3.77. The molecule has 0 radical (unpaired) electrons. The molecule has 3 aromatic heterocycles. The van der Waals surface area contributed by atoms with Crippen molar-refractivity contribution in [2.24, 2.45) is 11.7 Å². The Hall–Kier alpha value is -4.27. The second-order valence-electron chi connectivity index (χ2n) is 8.00. The molecule has 3 N–H and O–H groups in total. The van der Waals surface area contributed by atoms with Crippen LogP contribution in [0.4, 0.5) is 11.6 Å². The number of primary amides is 1. The number of carbonyl (C=O) groups is 1. The van der Waals surface area contributed by atoms with Crippen molar-refractivity contribution >= 4 is 17.5 Å². The number of nitrogens with two attached hydrogens (primary N) is 1. The molecule has 1 aliphatic rings. The van der Waals surface area contributed by atoms with Crippen LogP contribution in [0.5, 0.6) is 5.75 Å². The molecule has 0 saturated heterocycles. The number of pyridine rings is 1. The zero-order chi connectivity index (χ0) is 22.6. The lowest BCUT2D eigenvalue weighted by molar-refractivity contribution is -0.119. The third kappa shape index (κ3) is 4.98. The molecule has 166 valence electrons. The van der Waals surface area contributed by atoms with Crippen molar-refractivity contribution in [3.05, 3.63) is 90.0 Å². The van der Waals surface area contributed by atoms with Gasteiger partial charge in [0.1, 0.15) is 18.2 Å². The van der Waals surface area contributed by atoms with E-state index in [4.69, 9.17) is 10.5 Å². The molecule has 2 unspecified atom stereocenters. The van der Waals surface area contributed by atoms with Crippen LogP contribution in [0.2, 0.25) is 0 Å². The van der Waals surface area contributed by atoms with Gasteiger partial charge in [0.05, 0.1) is 12.7 Å². The summed E-state index contributed by atoms with van der Waals surface area (Å²) in [6.07, 6.45) is 7.71. The maximum absolute atomic E-state index is 11.5. The van der Waals surface area contributed by atoms with Gasteiger partial charge in [0.2, 0.25) is 5.91 Å². The molecule has 1 aliphatic carbocycles. The van der Waals surface area contributed by atoms with E-state index >= 15 is 0 Å². The van der Waals surface area contributed by atoms with E-state index in [1.807, 2.05) is 41.2 Å². The number of hydrogen-bond donors (Lipinski definition) is 2. The standard InChI is InChI=1S/C24H23N7O2/c25-23(32)21-12-20(21)19-3-1-8-26-24(19)29-22-11-18(13-27-30-22)33-15-17-6-4-16(5-7-17)14-31-10-2-9-28-31/h1-11,13,20-21H,12,14-15H2,(H2,25,32)(H,26,29,30).